The summed E-state index contributed by atoms with van der Waals surface area (Å²) >= 11 is 0. The van der Waals surface area contributed by atoms with Crippen molar-refractivity contribution in [1.29, 1.82) is 0 Å². The van der Waals surface area contributed by atoms with Gasteiger partial charge in [0.1, 0.15) is 11.8 Å². The Labute approximate surface area is 75.5 Å². The molecule has 0 aromatic rings. The number of esters is 1. The van der Waals surface area contributed by atoms with Crippen LogP contribution < -0.4 is 0 Å². The number of ketones is 1. The summed E-state index contributed by atoms with van der Waals surface area (Å²) in [4.78, 5) is 24.1. The SMILES string of the molecule is CCOC(=O)C[C@H](N=[N+]=[N-])C(C)=O. The second kappa shape index (κ2) is 6.02. The van der Waals surface area contributed by atoms with E-state index in [9.17, 15) is 9.59 Å². The van der Waals surface area contributed by atoms with Crippen molar-refractivity contribution in [2.24, 2.45) is 5.11 Å². The molecule has 0 saturated heterocycles. The molecule has 13 heavy (non-hydrogen) atoms. The molecule has 0 bridgehead atoms. The van der Waals surface area contributed by atoms with Crippen LogP contribution in [0.2, 0.25) is 0 Å². The summed E-state index contributed by atoms with van der Waals surface area (Å²) in [5.74, 6) is -0.874. The van der Waals surface area contributed by atoms with Crippen LogP contribution >= 0.6 is 0 Å². The zero-order valence-corrected chi connectivity index (χ0v) is 7.56. The number of carbonyl (C=O) groups is 2. The first-order chi connectivity index (χ1) is 6.11. The zero-order chi connectivity index (χ0) is 10.3. The molecule has 0 aromatic heterocycles. The minimum absolute atomic E-state index is 0.187. The van der Waals surface area contributed by atoms with Crippen molar-refractivity contribution in [3.63, 3.8) is 0 Å². The van der Waals surface area contributed by atoms with Gasteiger partial charge >= 0.3 is 5.97 Å². The van der Waals surface area contributed by atoms with E-state index in [-0.39, 0.29) is 18.8 Å². The van der Waals surface area contributed by atoms with Crippen molar-refractivity contribution in [2.75, 3.05) is 6.61 Å². The first kappa shape index (κ1) is 11.4. The van der Waals surface area contributed by atoms with Gasteiger partial charge in [0.25, 0.3) is 0 Å². The van der Waals surface area contributed by atoms with E-state index in [2.05, 4.69) is 14.8 Å². The minimum Gasteiger partial charge on any atom is -0.466 e. The van der Waals surface area contributed by atoms with E-state index in [1.165, 1.54) is 6.92 Å². The van der Waals surface area contributed by atoms with Crippen LogP contribution in [0, 0.1) is 0 Å². The van der Waals surface area contributed by atoms with Crippen LogP contribution in [0.5, 0.6) is 0 Å². The first-order valence-corrected chi connectivity index (χ1v) is 3.82. The second-order valence-electron chi connectivity index (χ2n) is 2.34. The molecule has 6 nitrogen and oxygen atoms in total. The van der Waals surface area contributed by atoms with Gasteiger partial charge in [-0.25, -0.2) is 0 Å². The quantitative estimate of drug-likeness (QED) is 0.279. The highest BCUT2D eigenvalue weighted by atomic mass is 16.5. The molecule has 72 valence electrons. The molecule has 0 amide bonds. The van der Waals surface area contributed by atoms with E-state index in [1.54, 1.807) is 6.92 Å². The van der Waals surface area contributed by atoms with Crippen molar-refractivity contribution < 1.29 is 14.3 Å². The lowest BCUT2D eigenvalue weighted by Gasteiger charge is -2.05. The number of carbonyl (C=O) groups excluding carboxylic acids is 2. The van der Waals surface area contributed by atoms with Gasteiger partial charge in [0.05, 0.1) is 13.0 Å². The van der Waals surface area contributed by atoms with Gasteiger partial charge < -0.3 is 4.74 Å². The molecule has 0 aromatic carbocycles. The highest BCUT2D eigenvalue weighted by molar-refractivity contribution is 5.86. The highest BCUT2D eigenvalue weighted by Crippen LogP contribution is 2.01. The Bertz CT molecular complexity index is 243. The van der Waals surface area contributed by atoms with Gasteiger partial charge in [-0.15, -0.1) is 0 Å². The largest absolute Gasteiger partial charge is 0.466 e. The predicted molar refractivity (Wildman–Crippen MR) is 44.9 cm³/mol. The predicted octanol–water partition coefficient (Wildman–Crippen LogP) is 1.21. The van der Waals surface area contributed by atoms with Gasteiger partial charge in [-0.1, -0.05) is 5.11 Å². The Morgan fingerprint density at radius 3 is 2.62 bits per heavy atom. The standard InChI is InChI=1S/C7H11N3O3/c1-3-13-7(12)4-6(5(2)11)9-10-8/h6H,3-4H2,1-2H3/t6-/m0/s1. The molecule has 0 fully saturated rings. The van der Waals surface area contributed by atoms with E-state index in [4.69, 9.17) is 5.53 Å². The smallest absolute Gasteiger partial charge is 0.306 e. The first-order valence-electron chi connectivity index (χ1n) is 3.82. The molecule has 0 heterocycles. The van der Waals surface area contributed by atoms with Crippen molar-refractivity contribution in [3.05, 3.63) is 10.4 Å². The number of azide groups is 1. The number of hydrogen-bond donors (Lipinski definition) is 0. The molecule has 0 rings (SSSR count). The Morgan fingerprint density at radius 1 is 1.62 bits per heavy atom. The Morgan fingerprint density at radius 2 is 2.23 bits per heavy atom. The lowest BCUT2D eigenvalue weighted by atomic mass is 10.1. The van der Waals surface area contributed by atoms with E-state index >= 15 is 0 Å². The molecule has 0 unspecified atom stereocenters. The molecule has 1 atom stereocenters. The summed E-state index contributed by atoms with van der Waals surface area (Å²) < 4.78 is 4.59. The number of rotatable bonds is 5. The van der Waals surface area contributed by atoms with Crippen LogP contribution in [0.4, 0.5) is 0 Å². The third-order valence-corrected chi connectivity index (χ3v) is 1.33. The van der Waals surface area contributed by atoms with Crippen molar-refractivity contribution >= 4 is 11.8 Å². The van der Waals surface area contributed by atoms with Gasteiger partial charge in [0.15, 0.2) is 0 Å². The van der Waals surface area contributed by atoms with Crippen LogP contribution in [0.3, 0.4) is 0 Å². The maximum absolute atomic E-state index is 10.9. The van der Waals surface area contributed by atoms with Crippen LogP contribution in [0.1, 0.15) is 20.3 Å². The molecule has 0 aliphatic heterocycles. The highest BCUT2D eigenvalue weighted by Gasteiger charge is 2.17. The average Bonchev–Trinajstić information content (AvgIpc) is 2.04. The van der Waals surface area contributed by atoms with Gasteiger partial charge in [0.2, 0.25) is 0 Å². The number of hydrogen-bond acceptors (Lipinski definition) is 4. The molecule has 0 aliphatic rings. The number of Topliss-reactive ketones (excluding diaryl/α,β-unsaturated/α-hetero) is 1. The zero-order valence-electron chi connectivity index (χ0n) is 7.56. The number of nitrogens with zero attached hydrogens (tertiary/aromatic N) is 3. The van der Waals surface area contributed by atoms with Crippen LogP contribution in [0.15, 0.2) is 5.11 Å². The Balaban J connectivity index is 4.18. The summed E-state index contributed by atoms with van der Waals surface area (Å²) in [6.45, 7) is 3.17. The lowest BCUT2D eigenvalue weighted by molar-refractivity contribution is -0.144. The van der Waals surface area contributed by atoms with Crippen molar-refractivity contribution in [1.82, 2.24) is 0 Å². The molecular formula is C7H11N3O3. The fraction of sp³-hybridized carbons (Fsp3) is 0.714. The van der Waals surface area contributed by atoms with E-state index in [0.29, 0.717) is 0 Å². The molecule has 6 heteroatoms. The third-order valence-electron chi connectivity index (χ3n) is 1.33. The topological polar surface area (TPSA) is 92.1 Å². The van der Waals surface area contributed by atoms with Crippen LogP contribution in [-0.2, 0) is 14.3 Å². The lowest BCUT2D eigenvalue weighted by Crippen LogP contribution is -2.20. The summed E-state index contributed by atoms with van der Waals surface area (Å²) in [6.07, 6.45) is -0.187. The normalized spacial score (nSPS) is 11.2. The maximum atomic E-state index is 10.9. The Kier molecular flexibility index (Phi) is 5.30. The van der Waals surface area contributed by atoms with E-state index in [1.807, 2.05) is 0 Å². The van der Waals surface area contributed by atoms with Crippen LogP contribution in [-0.4, -0.2) is 24.4 Å². The molecule has 0 aliphatic carbocycles. The monoisotopic (exact) mass is 185 g/mol. The van der Waals surface area contributed by atoms with Crippen LogP contribution in [0.25, 0.3) is 10.4 Å². The number of ether oxygens (including phenoxy) is 1. The fourth-order valence-electron chi connectivity index (χ4n) is 0.706. The van der Waals surface area contributed by atoms with Crippen molar-refractivity contribution in [2.45, 2.75) is 26.3 Å². The van der Waals surface area contributed by atoms with Gasteiger partial charge in [-0.05, 0) is 19.4 Å². The molecule has 0 radical (unpaired) electrons. The minimum atomic E-state index is -0.941. The van der Waals surface area contributed by atoms with E-state index in [0.717, 1.165) is 0 Å². The molecule has 0 saturated carbocycles. The van der Waals surface area contributed by atoms with E-state index < -0.39 is 12.0 Å². The van der Waals surface area contributed by atoms with Crippen molar-refractivity contribution in [3.8, 4) is 0 Å². The maximum Gasteiger partial charge on any atom is 0.306 e. The average molecular weight is 185 g/mol. The fourth-order valence-corrected chi connectivity index (χ4v) is 0.706. The second-order valence-corrected chi connectivity index (χ2v) is 2.34. The molecule has 0 spiro atoms. The Hall–Kier alpha value is -1.55. The summed E-state index contributed by atoms with van der Waals surface area (Å²) in [5.41, 5.74) is 8.08. The van der Waals surface area contributed by atoms with Gasteiger partial charge in [0, 0.05) is 4.91 Å². The third kappa shape index (κ3) is 4.81. The summed E-state index contributed by atoms with van der Waals surface area (Å²) in [5, 5.41) is 3.18. The molecular weight excluding hydrogens is 174 g/mol. The summed E-state index contributed by atoms with van der Waals surface area (Å²) in [6, 6.07) is -0.941. The molecule has 0 N–H and O–H groups in total. The summed E-state index contributed by atoms with van der Waals surface area (Å²) in [7, 11) is 0. The van der Waals surface area contributed by atoms with Gasteiger partial charge in [-0.3, -0.25) is 9.59 Å². The van der Waals surface area contributed by atoms with Gasteiger partial charge in [-0.2, -0.15) is 0 Å².